The average molecular weight is 363 g/mol. The van der Waals surface area contributed by atoms with Crippen LogP contribution in [0.15, 0.2) is 48.7 Å². The fourth-order valence-electron chi connectivity index (χ4n) is 3.64. The highest BCUT2D eigenvalue weighted by Gasteiger charge is 2.18. The summed E-state index contributed by atoms with van der Waals surface area (Å²) in [5, 5.41) is 4.07. The van der Waals surface area contributed by atoms with Crippen molar-refractivity contribution < 1.29 is 9.53 Å². The molecule has 0 radical (unpaired) electrons. The van der Waals surface area contributed by atoms with Crippen LogP contribution in [-0.2, 0) is 17.7 Å². The van der Waals surface area contributed by atoms with Crippen LogP contribution >= 0.6 is 0 Å². The summed E-state index contributed by atoms with van der Waals surface area (Å²) in [6.45, 7) is 6.31. The zero-order valence-corrected chi connectivity index (χ0v) is 15.6. The van der Waals surface area contributed by atoms with Crippen LogP contribution in [0.25, 0.3) is 10.9 Å². The lowest BCUT2D eigenvalue weighted by Gasteiger charge is -2.26. The first kappa shape index (κ1) is 17.8. The largest absolute Gasteiger partial charge is 0.379 e. The SMILES string of the molecule is CCc1cccc(NC(=O)c2cccc3[nH]cc(CN4CCOCC4)c23)c1. The van der Waals surface area contributed by atoms with Crippen molar-refractivity contribution in [2.75, 3.05) is 31.6 Å². The van der Waals surface area contributed by atoms with E-state index in [0.29, 0.717) is 5.56 Å². The monoisotopic (exact) mass is 363 g/mol. The second-order valence-corrected chi connectivity index (χ2v) is 6.94. The number of rotatable bonds is 5. The van der Waals surface area contributed by atoms with E-state index >= 15 is 0 Å². The van der Waals surface area contributed by atoms with Gasteiger partial charge >= 0.3 is 0 Å². The van der Waals surface area contributed by atoms with Crippen LogP contribution < -0.4 is 5.32 Å². The third kappa shape index (κ3) is 3.89. The van der Waals surface area contributed by atoms with Gasteiger partial charge in [-0.1, -0.05) is 25.1 Å². The zero-order chi connectivity index (χ0) is 18.6. The second kappa shape index (κ2) is 7.94. The number of benzene rings is 2. The number of hydrogen-bond donors (Lipinski definition) is 2. The molecule has 0 atom stereocenters. The van der Waals surface area contributed by atoms with E-state index in [-0.39, 0.29) is 5.91 Å². The molecule has 0 bridgehead atoms. The molecule has 27 heavy (non-hydrogen) atoms. The van der Waals surface area contributed by atoms with Crippen LogP contribution in [0, 0.1) is 0 Å². The molecule has 0 spiro atoms. The highest BCUT2D eigenvalue weighted by molar-refractivity contribution is 6.13. The van der Waals surface area contributed by atoms with Gasteiger partial charge in [-0.05, 0) is 41.8 Å². The molecule has 0 aliphatic carbocycles. The lowest BCUT2D eigenvalue weighted by Crippen LogP contribution is -2.35. The molecule has 1 aromatic heterocycles. The third-order valence-electron chi connectivity index (χ3n) is 5.12. The van der Waals surface area contributed by atoms with Gasteiger partial charge in [0.15, 0.2) is 0 Å². The summed E-state index contributed by atoms with van der Waals surface area (Å²) < 4.78 is 5.44. The lowest BCUT2D eigenvalue weighted by molar-refractivity contribution is 0.0343. The Kier molecular flexibility index (Phi) is 5.23. The number of amides is 1. The van der Waals surface area contributed by atoms with Crippen molar-refractivity contribution in [3.8, 4) is 0 Å². The van der Waals surface area contributed by atoms with Gasteiger partial charge in [-0.3, -0.25) is 9.69 Å². The first-order valence-electron chi connectivity index (χ1n) is 9.54. The number of H-pyrrole nitrogens is 1. The summed E-state index contributed by atoms with van der Waals surface area (Å²) in [4.78, 5) is 18.7. The number of anilines is 1. The number of carbonyl (C=O) groups is 1. The number of aryl methyl sites for hydroxylation is 1. The lowest BCUT2D eigenvalue weighted by atomic mass is 10.0. The fourth-order valence-corrected chi connectivity index (χ4v) is 3.64. The van der Waals surface area contributed by atoms with Gasteiger partial charge in [0.2, 0.25) is 0 Å². The Bertz CT molecular complexity index is 942. The van der Waals surface area contributed by atoms with Gasteiger partial charge in [0, 0.05) is 48.0 Å². The Morgan fingerprint density at radius 2 is 2.00 bits per heavy atom. The van der Waals surface area contributed by atoms with Crippen LogP contribution in [0.4, 0.5) is 5.69 Å². The molecule has 5 heteroatoms. The summed E-state index contributed by atoms with van der Waals surface area (Å²) in [5.41, 5.74) is 4.90. The predicted molar refractivity (Wildman–Crippen MR) is 108 cm³/mol. The maximum Gasteiger partial charge on any atom is 0.256 e. The maximum absolute atomic E-state index is 13.0. The molecule has 1 fully saturated rings. The molecular formula is C22H25N3O2. The van der Waals surface area contributed by atoms with E-state index in [1.807, 2.05) is 42.6 Å². The van der Waals surface area contributed by atoms with Crippen molar-refractivity contribution in [2.45, 2.75) is 19.9 Å². The summed E-state index contributed by atoms with van der Waals surface area (Å²) in [5.74, 6) is -0.0725. The number of nitrogens with zero attached hydrogens (tertiary/aromatic N) is 1. The quantitative estimate of drug-likeness (QED) is 0.725. The minimum atomic E-state index is -0.0725. The molecule has 1 aliphatic rings. The smallest absolute Gasteiger partial charge is 0.256 e. The molecule has 140 valence electrons. The van der Waals surface area contributed by atoms with Crippen molar-refractivity contribution in [2.24, 2.45) is 0 Å². The van der Waals surface area contributed by atoms with E-state index in [1.54, 1.807) is 0 Å². The van der Waals surface area contributed by atoms with Gasteiger partial charge in [-0.15, -0.1) is 0 Å². The highest BCUT2D eigenvalue weighted by Crippen LogP contribution is 2.25. The Morgan fingerprint density at radius 1 is 1.19 bits per heavy atom. The van der Waals surface area contributed by atoms with Crippen LogP contribution in [0.1, 0.15) is 28.4 Å². The molecule has 2 N–H and O–H groups in total. The minimum Gasteiger partial charge on any atom is -0.379 e. The Morgan fingerprint density at radius 3 is 2.81 bits per heavy atom. The Balaban J connectivity index is 1.62. The van der Waals surface area contributed by atoms with E-state index in [9.17, 15) is 4.79 Å². The number of carbonyl (C=O) groups excluding carboxylic acids is 1. The van der Waals surface area contributed by atoms with Gasteiger partial charge in [-0.25, -0.2) is 0 Å². The van der Waals surface area contributed by atoms with Crippen molar-refractivity contribution in [1.82, 2.24) is 9.88 Å². The molecule has 0 saturated carbocycles. The number of aromatic amines is 1. The van der Waals surface area contributed by atoms with Crippen LogP contribution in [0.3, 0.4) is 0 Å². The van der Waals surface area contributed by atoms with Crippen LogP contribution in [-0.4, -0.2) is 42.1 Å². The van der Waals surface area contributed by atoms with Crippen molar-refractivity contribution in [1.29, 1.82) is 0 Å². The summed E-state index contributed by atoms with van der Waals surface area (Å²) in [6.07, 6.45) is 2.97. The molecule has 4 rings (SSSR count). The first-order valence-corrected chi connectivity index (χ1v) is 9.54. The van der Waals surface area contributed by atoms with Gasteiger partial charge in [0.05, 0.1) is 13.2 Å². The Hall–Kier alpha value is -2.63. The van der Waals surface area contributed by atoms with Gasteiger partial charge in [0.1, 0.15) is 0 Å². The van der Waals surface area contributed by atoms with Crippen molar-refractivity contribution in [3.05, 3.63) is 65.4 Å². The highest BCUT2D eigenvalue weighted by atomic mass is 16.5. The van der Waals surface area contributed by atoms with Crippen molar-refractivity contribution >= 4 is 22.5 Å². The minimum absolute atomic E-state index is 0.0725. The molecule has 1 saturated heterocycles. The molecule has 0 unspecified atom stereocenters. The topological polar surface area (TPSA) is 57.4 Å². The molecule has 1 amide bonds. The van der Waals surface area contributed by atoms with E-state index in [2.05, 4.69) is 28.2 Å². The number of morpholine rings is 1. The van der Waals surface area contributed by atoms with Gasteiger partial charge in [-0.2, -0.15) is 0 Å². The van der Waals surface area contributed by atoms with E-state index in [4.69, 9.17) is 4.74 Å². The third-order valence-corrected chi connectivity index (χ3v) is 5.12. The zero-order valence-electron chi connectivity index (χ0n) is 15.6. The first-order chi connectivity index (χ1) is 13.2. The maximum atomic E-state index is 13.0. The average Bonchev–Trinajstić information content (AvgIpc) is 3.12. The van der Waals surface area contributed by atoms with Crippen LogP contribution in [0.2, 0.25) is 0 Å². The molecule has 5 nitrogen and oxygen atoms in total. The number of nitrogens with one attached hydrogen (secondary N) is 2. The predicted octanol–water partition coefficient (Wildman–Crippen LogP) is 3.81. The van der Waals surface area contributed by atoms with E-state index in [1.165, 1.54) is 5.56 Å². The van der Waals surface area contributed by atoms with Crippen molar-refractivity contribution in [3.63, 3.8) is 0 Å². The van der Waals surface area contributed by atoms with Gasteiger partial charge < -0.3 is 15.0 Å². The molecule has 1 aliphatic heterocycles. The number of hydrogen-bond acceptors (Lipinski definition) is 3. The Labute approximate surface area is 159 Å². The molecule has 2 heterocycles. The standard InChI is InChI=1S/C22H25N3O2/c1-2-16-5-3-6-18(13-16)24-22(26)19-7-4-8-20-21(19)17(14-23-20)15-25-9-11-27-12-10-25/h3-8,13-14,23H,2,9-12,15H2,1H3,(H,24,26). The number of ether oxygens (including phenoxy) is 1. The summed E-state index contributed by atoms with van der Waals surface area (Å²) >= 11 is 0. The number of fused-ring (bicyclic) bond motifs is 1. The van der Waals surface area contributed by atoms with Gasteiger partial charge in [0.25, 0.3) is 5.91 Å². The molecule has 2 aromatic carbocycles. The normalized spacial score (nSPS) is 15.1. The summed E-state index contributed by atoms with van der Waals surface area (Å²) in [6, 6.07) is 13.9. The van der Waals surface area contributed by atoms with Crippen LogP contribution in [0.5, 0.6) is 0 Å². The molecule has 3 aromatic rings. The van der Waals surface area contributed by atoms with E-state index in [0.717, 1.165) is 61.4 Å². The number of aromatic nitrogens is 1. The second-order valence-electron chi connectivity index (χ2n) is 6.94. The van der Waals surface area contributed by atoms with E-state index < -0.39 is 0 Å². The fraction of sp³-hybridized carbons (Fsp3) is 0.318. The summed E-state index contributed by atoms with van der Waals surface area (Å²) in [7, 11) is 0. The molecular weight excluding hydrogens is 338 g/mol.